The Balaban J connectivity index is 2.25. The first kappa shape index (κ1) is 9.82. The number of aryl methyl sites for hydroxylation is 1. The molecule has 2 aromatic rings. The van der Waals surface area contributed by atoms with Gasteiger partial charge in [-0.2, -0.15) is 4.37 Å². The van der Waals surface area contributed by atoms with Crippen molar-refractivity contribution in [2.24, 2.45) is 0 Å². The molecule has 0 atom stereocenters. The fourth-order valence-corrected chi connectivity index (χ4v) is 2.58. The van der Waals surface area contributed by atoms with E-state index in [1.165, 1.54) is 29.6 Å². The summed E-state index contributed by atoms with van der Waals surface area (Å²) in [6.45, 7) is 1.87. The molecule has 0 radical (unpaired) electrons. The van der Waals surface area contributed by atoms with E-state index < -0.39 is 0 Å². The highest BCUT2D eigenvalue weighted by molar-refractivity contribution is 8.00. The Bertz CT molecular complexity index is 411. The largest absolute Gasteiger partial charge is 0.223 e. The van der Waals surface area contributed by atoms with Crippen molar-refractivity contribution >= 4 is 34.9 Å². The normalized spacial score (nSPS) is 10.4. The summed E-state index contributed by atoms with van der Waals surface area (Å²) in [5, 5.41) is 1.05. The van der Waals surface area contributed by atoms with E-state index in [2.05, 4.69) is 19.3 Å². The van der Waals surface area contributed by atoms with Crippen LogP contribution >= 0.6 is 34.9 Å². The Hall–Kier alpha value is -0.720. The summed E-state index contributed by atoms with van der Waals surface area (Å²) in [4.78, 5) is 12.1. The molecule has 0 amide bonds. The summed E-state index contributed by atoms with van der Waals surface area (Å²) in [6, 6.07) is 1.86. The fraction of sp³-hybridized carbons (Fsp3) is 0.143. The molecular formula is C7H5ClN4S2. The predicted molar refractivity (Wildman–Crippen MR) is 55.8 cm³/mol. The molecule has 0 aromatic carbocycles. The molecule has 2 rings (SSSR count). The van der Waals surface area contributed by atoms with E-state index in [0.29, 0.717) is 0 Å². The maximum atomic E-state index is 5.72. The maximum Gasteiger partial charge on any atom is 0.223 e. The van der Waals surface area contributed by atoms with Gasteiger partial charge < -0.3 is 0 Å². The highest BCUT2D eigenvalue weighted by atomic mass is 35.5. The lowest BCUT2D eigenvalue weighted by Crippen LogP contribution is -1.88. The van der Waals surface area contributed by atoms with Crippen molar-refractivity contribution in [3.63, 3.8) is 0 Å². The average molecular weight is 245 g/mol. The highest BCUT2D eigenvalue weighted by Gasteiger charge is 2.04. The molecule has 0 saturated carbocycles. The van der Waals surface area contributed by atoms with Gasteiger partial charge in [0.2, 0.25) is 5.28 Å². The Labute approximate surface area is 93.9 Å². The number of nitrogens with zero attached hydrogens (tertiary/aromatic N) is 4. The van der Waals surface area contributed by atoms with Crippen molar-refractivity contribution in [2.75, 3.05) is 0 Å². The lowest BCUT2D eigenvalue weighted by Gasteiger charge is -1.98. The summed E-state index contributed by atoms with van der Waals surface area (Å²) in [6.07, 6.45) is 1.52. The van der Waals surface area contributed by atoms with Crippen LogP contribution in [-0.2, 0) is 0 Å². The third kappa shape index (κ3) is 2.40. The monoisotopic (exact) mass is 244 g/mol. The summed E-state index contributed by atoms with van der Waals surface area (Å²) in [5.41, 5.74) is 0.844. The Morgan fingerprint density at radius 1 is 1.43 bits per heavy atom. The fourth-order valence-electron chi connectivity index (χ4n) is 0.854. The Morgan fingerprint density at radius 2 is 2.29 bits per heavy atom. The molecule has 2 heterocycles. The molecule has 0 aliphatic carbocycles. The lowest BCUT2D eigenvalue weighted by molar-refractivity contribution is 1.01. The molecule has 0 bridgehead atoms. The molecule has 0 aliphatic heterocycles. The SMILES string of the molecule is Cc1cc(Sc2ncns2)nc(Cl)n1. The minimum atomic E-state index is 0.261. The maximum absolute atomic E-state index is 5.72. The van der Waals surface area contributed by atoms with Crippen molar-refractivity contribution in [2.45, 2.75) is 16.3 Å². The van der Waals surface area contributed by atoms with Crippen LogP contribution in [0.15, 0.2) is 21.8 Å². The molecule has 7 heteroatoms. The Kier molecular flexibility index (Phi) is 2.95. The summed E-state index contributed by atoms with van der Waals surface area (Å²) >= 11 is 8.48. The van der Waals surface area contributed by atoms with Gasteiger partial charge in [-0.3, -0.25) is 0 Å². The van der Waals surface area contributed by atoms with E-state index >= 15 is 0 Å². The molecule has 0 spiro atoms. The molecule has 0 unspecified atom stereocenters. The molecule has 0 saturated heterocycles. The zero-order valence-electron chi connectivity index (χ0n) is 7.14. The first-order valence-electron chi connectivity index (χ1n) is 3.70. The average Bonchev–Trinajstić information content (AvgIpc) is 2.54. The van der Waals surface area contributed by atoms with Crippen molar-refractivity contribution in [1.82, 2.24) is 19.3 Å². The van der Waals surface area contributed by atoms with Gasteiger partial charge in [-0.15, -0.1) is 0 Å². The van der Waals surface area contributed by atoms with E-state index in [-0.39, 0.29) is 5.28 Å². The van der Waals surface area contributed by atoms with E-state index in [1.807, 2.05) is 13.0 Å². The number of aromatic nitrogens is 4. The van der Waals surface area contributed by atoms with Crippen LogP contribution < -0.4 is 0 Å². The van der Waals surface area contributed by atoms with Crippen LogP contribution in [0.25, 0.3) is 0 Å². The molecule has 2 aromatic heterocycles. The smallest absolute Gasteiger partial charge is 0.223 e. The summed E-state index contributed by atoms with van der Waals surface area (Å²) in [5.74, 6) is 0. The van der Waals surface area contributed by atoms with E-state index in [9.17, 15) is 0 Å². The molecule has 72 valence electrons. The van der Waals surface area contributed by atoms with Crippen LogP contribution in [0.1, 0.15) is 5.69 Å². The minimum Gasteiger partial charge on any atom is -0.223 e. The summed E-state index contributed by atoms with van der Waals surface area (Å²) < 4.78 is 4.74. The number of hydrogen-bond acceptors (Lipinski definition) is 6. The molecule has 0 fully saturated rings. The molecule has 4 nitrogen and oxygen atoms in total. The van der Waals surface area contributed by atoms with E-state index in [4.69, 9.17) is 11.6 Å². The first-order chi connectivity index (χ1) is 6.74. The summed E-state index contributed by atoms with van der Waals surface area (Å²) in [7, 11) is 0. The lowest BCUT2D eigenvalue weighted by atomic mass is 10.5. The first-order valence-corrected chi connectivity index (χ1v) is 5.66. The van der Waals surface area contributed by atoms with E-state index in [1.54, 1.807) is 0 Å². The predicted octanol–water partition coefficient (Wildman–Crippen LogP) is 2.44. The second-order valence-electron chi connectivity index (χ2n) is 2.43. The van der Waals surface area contributed by atoms with Crippen LogP contribution in [0, 0.1) is 6.92 Å². The molecule has 0 N–H and O–H groups in total. The van der Waals surface area contributed by atoms with Crippen LogP contribution in [0.2, 0.25) is 5.28 Å². The zero-order chi connectivity index (χ0) is 9.97. The minimum absolute atomic E-state index is 0.261. The van der Waals surface area contributed by atoms with Crippen LogP contribution in [0.4, 0.5) is 0 Å². The van der Waals surface area contributed by atoms with Gasteiger partial charge >= 0.3 is 0 Å². The van der Waals surface area contributed by atoms with Gasteiger partial charge in [-0.05, 0) is 47.9 Å². The van der Waals surface area contributed by atoms with E-state index in [0.717, 1.165) is 15.1 Å². The van der Waals surface area contributed by atoms with Crippen LogP contribution in [0.3, 0.4) is 0 Å². The van der Waals surface area contributed by atoms with Crippen molar-refractivity contribution in [1.29, 1.82) is 0 Å². The third-order valence-electron chi connectivity index (χ3n) is 1.34. The topological polar surface area (TPSA) is 51.6 Å². The van der Waals surface area contributed by atoms with Gasteiger partial charge in [0.05, 0.1) is 0 Å². The zero-order valence-corrected chi connectivity index (χ0v) is 9.53. The van der Waals surface area contributed by atoms with Crippen LogP contribution in [-0.4, -0.2) is 19.3 Å². The third-order valence-corrected chi connectivity index (χ3v) is 3.14. The Morgan fingerprint density at radius 3 is 2.93 bits per heavy atom. The quantitative estimate of drug-likeness (QED) is 0.600. The highest BCUT2D eigenvalue weighted by Crippen LogP contribution is 2.27. The van der Waals surface area contributed by atoms with Crippen molar-refractivity contribution in [3.8, 4) is 0 Å². The second kappa shape index (κ2) is 4.20. The number of rotatable bonds is 2. The van der Waals surface area contributed by atoms with Gasteiger partial charge in [0.15, 0.2) is 4.34 Å². The second-order valence-corrected chi connectivity index (χ2v) is 4.81. The van der Waals surface area contributed by atoms with Gasteiger partial charge in [0.1, 0.15) is 11.4 Å². The van der Waals surface area contributed by atoms with Crippen molar-refractivity contribution in [3.05, 3.63) is 23.4 Å². The van der Waals surface area contributed by atoms with Gasteiger partial charge in [0, 0.05) is 5.69 Å². The molecule has 14 heavy (non-hydrogen) atoms. The van der Waals surface area contributed by atoms with Gasteiger partial charge in [-0.25, -0.2) is 15.0 Å². The number of halogens is 1. The number of hydrogen-bond donors (Lipinski definition) is 0. The van der Waals surface area contributed by atoms with Crippen LogP contribution in [0.5, 0.6) is 0 Å². The van der Waals surface area contributed by atoms with Crippen molar-refractivity contribution < 1.29 is 0 Å². The van der Waals surface area contributed by atoms with Gasteiger partial charge in [0.25, 0.3) is 0 Å². The van der Waals surface area contributed by atoms with Gasteiger partial charge in [-0.1, -0.05) is 0 Å². The standard InChI is InChI=1S/C7H5ClN4S2/c1-4-2-5(12-6(8)11-4)13-7-9-3-10-14-7/h2-3H,1H3. The molecular weight excluding hydrogens is 240 g/mol. The molecule has 0 aliphatic rings.